The maximum absolute atomic E-state index is 12.2. The number of aromatic nitrogens is 4. The van der Waals surface area contributed by atoms with Crippen molar-refractivity contribution in [3.05, 3.63) is 58.0 Å². The zero-order valence-corrected chi connectivity index (χ0v) is 12.1. The number of carbonyl (C=O) groups is 1. The smallest absolute Gasteiger partial charge is 0.350 e. The Morgan fingerprint density at radius 2 is 2.19 bits per heavy atom. The lowest BCUT2D eigenvalue weighted by Gasteiger charge is -2.07. The van der Waals surface area contributed by atoms with Gasteiger partial charge < -0.3 is 4.74 Å². The van der Waals surface area contributed by atoms with E-state index >= 15 is 0 Å². The third-order valence-corrected chi connectivity index (χ3v) is 3.93. The van der Waals surface area contributed by atoms with Crippen molar-refractivity contribution in [2.75, 3.05) is 0 Å². The zero-order chi connectivity index (χ0) is 14.7. The van der Waals surface area contributed by atoms with Crippen molar-refractivity contribution >= 4 is 17.3 Å². The van der Waals surface area contributed by atoms with Gasteiger partial charge in [-0.1, -0.05) is 24.3 Å². The molecule has 0 amide bonds. The van der Waals surface area contributed by atoms with Crippen LogP contribution in [-0.4, -0.2) is 26.2 Å². The summed E-state index contributed by atoms with van der Waals surface area (Å²) in [4.78, 5) is 12.7. The van der Waals surface area contributed by atoms with Crippen molar-refractivity contribution in [2.24, 2.45) is 0 Å². The van der Waals surface area contributed by atoms with Crippen LogP contribution in [0.3, 0.4) is 0 Å². The number of tetrazole rings is 1. The molecular formula is C14H12N4O2S. The lowest BCUT2D eigenvalue weighted by molar-refractivity contribution is 0.0478. The number of thiophene rings is 1. The van der Waals surface area contributed by atoms with Crippen molar-refractivity contribution < 1.29 is 9.53 Å². The van der Waals surface area contributed by atoms with Crippen molar-refractivity contribution in [2.45, 2.75) is 13.5 Å². The summed E-state index contributed by atoms with van der Waals surface area (Å²) >= 11 is 1.30. The van der Waals surface area contributed by atoms with E-state index in [-0.39, 0.29) is 12.6 Å². The normalized spacial score (nSPS) is 10.5. The van der Waals surface area contributed by atoms with Crippen molar-refractivity contribution in [1.82, 2.24) is 20.2 Å². The molecule has 0 unspecified atom stereocenters. The quantitative estimate of drug-likeness (QED) is 0.692. The number of hydrogen-bond donors (Lipinski definition) is 0. The fourth-order valence-corrected chi connectivity index (χ4v) is 2.66. The average Bonchev–Trinajstić information content (AvgIpc) is 3.16. The van der Waals surface area contributed by atoms with E-state index in [4.69, 9.17) is 4.74 Å². The second-order valence-electron chi connectivity index (χ2n) is 4.39. The SMILES string of the molecule is Cc1ccccc1COC(=O)c1sccc1-n1cnnn1. The Labute approximate surface area is 125 Å². The third-order valence-electron chi connectivity index (χ3n) is 3.05. The highest BCUT2D eigenvalue weighted by Gasteiger charge is 2.17. The molecule has 0 bridgehead atoms. The summed E-state index contributed by atoms with van der Waals surface area (Å²) in [7, 11) is 0. The number of aryl methyl sites for hydroxylation is 1. The van der Waals surface area contributed by atoms with E-state index in [1.54, 1.807) is 11.4 Å². The minimum atomic E-state index is -0.376. The summed E-state index contributed by atoms with van der Waals surface area (Å²) < 4.78 is 6.83. The fourth-order valence-electron chi connectivity index (χ4n) is 1.89. The van der Waals surface area contributed by atoms with Crippen LogP contribution in [0.15, 0.2) is 42.0 Å². The van der Waals surface area contributed by atoms with E-state index in [0.29, 0.717) is 10.6 Å². The molecule has 0 atom stereocenters. The van der Waals surface area contributed by atoms with Crippen LogP contribution in [0.1, 0.15) is 20.8 Å². The first kappa shape index (κ1) is 13.4. The number of ether oxygens (including phenoxy) is 1. The standard InChI is InChI=1S/C14H12N4O2S/c1-10-4-2-3-5-11(10)8-20-14(19)13-12(6-7-21-13)18-9-15-16-17-18/h2-7,9H,8H2,1H3. The molecule has 2 aromatic heterocycles. The van der Waals surface area contributed by atoms with Crippen LogP contribution in [0.4, 0.5) is 0 Å². The largest absolute Gasteiger partial charge is 0.457 e. The fraction of sp³-hybridized carbons (Fsp3) is 0.143. The molecule has 0 radical (unpaired) electrons. The van der Waals surface area contributed by atoms with E-state index < -0.39 is 0 Å². The lowest BCUT2D eigenvalue weighted by atomic mass is 10.1. The molecule has 0 saturated heterocycles. The van der Waals surface area contributed by atoms with Gasteiger partial charge in [-0.2, -0.15) is 4.68 Å². The number of nitrogens with zero attached hydrogens (tertiary/aromatic N) is 4. The first-order valence-electron chi connectivity index (χ1n) is 6.28. The van der Waals surface area contributed by atoms with Gasteiger partial charge in [0.15, 0.2) is 0 Å². The predicted octanol–water partition coefficient (Wildman–Crippen LogP) is 2.39. The van der Waals surface area contributed by atoms with E-state index in [9.17, 15) is 4.79 Å². The van der Waals surface area contributed by atoms with Gasteiger partial charge in [0, 0.05) is 0 Å². The number of benzene rings is 1. The van der Waals surface area contributed by atoms with Crippen LogP contribution in [0.25, 0.3) is 5.69 Å². The van der Waals surface area contributed by atoms with Crippen molar-refractivity contribution in [3.63, 3.8) is 0 Å². The highest BCUT2D eigenvalue weighted by Crippen LogP contribution is 2.21. The monoisotopic (exact) mass is 300 g/mol. The first-order chi connectivity index (χ1) is 10.3. The topological polar surface area (TPSA) is 69.9 Å². The van der Waals surface area contributed by atoms with Crippen LogP contribution in [0, 0.1) is 6.92 Å². The van der Waals surface area contributed by atoms with Gasteiger partial charge >= 0.3 is 5.97 Å². The molecule has 0 spiro atoms. The second-order valence-corrected chi connectivity index (χ2v) is 5.31. The Morgan fingerprint density at radius 3 is 2.95 bits per heavy atom. The first-order valence-corrected chi connectivity index (χ1v) is 7.16. The van der Waals surface area contributed by atoms with Crippen LogP contribution >= 0.6 is 11.3 Å². The van der Waals surface area contributed by atoms with Crippen molar-refractivity contribution in [3.8, 4) is 5.69 Å². The third kappa shape index (κ3) is 2.82. The number of carbonyl (C=O) groups excluding carboxylic acids is 1. The van der Waals surface area contributed by atoms with E-state index in [2.05, 4.69) is 15.5 Å². The van der Waals surface area contributed by atoms with Gasteiger partial charge in [0.2, 0.25) is 0 Å². The minimum Gasteiger partial charge on any atom is -0.457 e. The second kappa shape index (κ2) is 5.84. The Balaban J connectivity index is 1.75. The van der Waals surface area contributed by atoms with Crippen LogP contribution in [0.2, 0.25) is 0 Å². The summed E-state index contributed by atoms with van der Waals surface area (Å²) in [6, 6.07) is 9.59. The Morgan fingerprint density at radius 1 is 1.33 bits per heavy atom. The number of hydrogen-bond acceptors (Lipinski definition) is 6. The van der Waals surface area contributed by atoms with E-state index in [0.717, 1.165) is 11.1 Å². The molecule has 0 aliphatic heterocycles. The van der Waals surface area contributed by atoms with E-state index in [1.807, 2.05) is 31.2 Å². The van der Waals surface area contributed by atoms with E-state index in [1.165, 1.54) is 22.3 Å². The summed E-state index contributed by atoms with van der Waals surface area (Å²) in [6.07, 6.45) is 1.44. The summed E-state index contributed by atoms with van der Waals surface area (Å²) in [5.41, 5.74) is 2.71. The number of esters is 1. The molecule has 0 fully saturated rings. The number of rotatable bonds is 4. The minimum absolute atomic E-state index is 0.248. The molecule has 3 aromatic rings. The zero-order valence-electron chi connectivity index (χ0n) is 11.3. The summed E-state index contributed by atoms with van der Waals surface area (Å²) in [6.45, 7) is 2.24. The average molecular weight is 300 g/mol. The van der Waals surface area contributed by atoms with Gasteiger partial charge in [0.05, 0.1) is 5.69 Å². The molecule has 3 rings (SSSR count). The van der Waals surface area contributed by atoms with Gasteiger partial charge in [-0.05, 0) is 39.9 Å². The summed E-state index contributed by atoms with van der Waals surface area (Å²) in [5.74, 6) is -0.376. The van der Waals surface area contributed by atoms with Gasteiger partial charge in [0.1, 0.15) is 17.8 Å². The maximum atomic E-state index is 12.2. The molecule has 2 heterocycles. The molecule has 0 saturated carbocycles. The molecule has 21 heavy (non-hydrogen) atoms. The van der Waals surface area contributed by atoms with Gasteiger partial charge in [-0.25, -0.2) is 4.79 Å². The maximum Gasteiger partial charge on any atom is 0.350 e. The van der Waals surface area contributed by atoms with Gasteiger partial charge in [0.25, 0.3) is 0 Å². The predicted molar refractivity (Wildman–Crippen MR) is 77.3 cm³/mol. The van der Waals surface area contributed by atoms with Crippen LogP contribution in [-0.2, 0) is 11.3 Å². The lowest BCUT2D eigenvalue weighted by Crippen LogP contribution is -2.08. The highest BCUT2D eigenvalue weighted by atomic mass is 32.1. The summed E-state index contributed by atoms with van der Waals surface area (Å²) in [5, 5.41) is 12.7. The van der Waals surface area contributed by atoms with Gasteiger partial charge in [-0.15, -0.1) is 16.4 Å². The Hall–Kier alpha value is -2.54. The molecule has 106 valence electrons. The molecule has 7 heteroatoms. The Bertz CT molecular complexity index is 752. The van der Waals surface area contributed by atoms with Crippen LogP contribution in [0.5, 0.6) is 0 Å². The van der Waals surface area contributed by atoms with Crippen LogP contribution < -0.4 is 0 Å². The van der Waals surface area contributed by atoms with Gasteiger partial charge in [-0.3, -0.25) is 0 Å². The molecule has 1 aromatic carbocycles. The molecule has 0 N–H and O–H groups in total. The molecule has 6 nitrogen and oxygen atoms in total. The highest BCUT2D eigenvalue weighted by molar-refractivity contribution is 7.12. The van der Waals surface area contributed by atoms with Crippen molar-refractivity contribution in [1.29, 1.82) is 0 Å². The molecule has 0 aliphatic carbocycles. The Kier molecular flexibility index (Phi) is 3.74. The molecule has 0 aliphatic rings. The molecular weight excluding hydrogens is 288 g/mol.